The van der Waals surface area contributed by atoms with E-state index in [1.807, 2.05) is 0 Å². The third-order valence-corrected chi connectivity index (χ3v) is 1.28. The number of esters is 1. The van der Waals surface area contributed by atoms with Crippen molar-refractivity contribution in [2.24, 2.45) is 5.11 Å². The highest BCUT2D eigenvalue weighted by molar-refractivity contribution is 5.74. The van der Waals surface area contributed by atoms with Gasteiger partial charge in [0.15, 0.2) is 0 Å². The van der Waals surface area contributed by atoms with Gasteiger partial charge in [0.2, 0.25) is 0 Å². The Labute approximate surface area is 70.5 Å². The second kappa shape index (κ2) is 6.45. The number of nitrogens with one attached hydrogen (secondary N) is 1. The van der Waals surface area contributed by atoms with E-state index in [4.69, 9.17) is 5.53 Å². The lowest BCUT2D eigenvalue weighted by molar-refractivity contribution is -0.142. The second-order valence-corrected chi connectivity index (χ2v) is 2.15. The highest BCUT2D eigenvalue weighted by atomic mass is 16.5. The molecular formula is C6H12N4O2. The Bertz CT molecular complexity index is 188. The van der Waals surface area contributed by atoms with Crippen molar-refractivity contribution in [2.75, 3.05) is 20.2 Å². The Balaban J connectivity index is 3.49. The Kier molecular flexibility index (Phi) is 5.77. The van der Waals surface area contributed by atoms with Gasteiger partial charge in [-0.05, 0) is 12.5 Å². The Morgan fingerprint density at radius 2 is 2.50 bits per heavy atom. The van der Waals surface area contributed by atoms with Crippen molar-refractivity contribution in [1.29, 1.82) is 0 Å². The fourth-order valence-corrected chi connectivity index (χ4v) is 0.636. The molecule has 0 aromatic heterocycles. The van der Waals surface area contributed by atoms with E-state index in [0.717, 1.165) is 0 Å². The first-order valence-electron chi connectivity index (χ1n) is 3.54. The molecule has 6 heteroatoms. The van der Waals surface area contributed by atoms with Crippen molar-refractivity contribution in [3.63, 3.8) is 0 Å². The largest absolute Gasteiger partial charge is 0.468 e. The highest BCUT2D eigenvalue weighted by Crippen LogP contribution is 1.84. The van der Waals surface area contributed by atoms with E-state index in [0.29, 0.717) is 13.1 Å². The smallest absolute Gasteiger partial charge is 0.322 e. The molecule has 0 aromatic rings. The molecular weight excluding hydrogens is 160 g/mol. The van der Waals surface area contributed by atoms with Gasteiger partial charge in [-0.1, -0.05) is 5.11 Å². The fraction of sp³-hybridized carbons (Fsp3) is 0.833. The van der Waals surface area contributed by atoms with Crippen molar-refractivity contribution < 1.29 is 9.53 Å². The van der Waals surface area contributed by atoms with Crippen LogP contribution in [0.4, 0.5) is 0 Å². The second-order valence-electron chi connectivity index (χ2n) is 2.15. The summed E-state index contributed by atoms with van der Waals surface area (Å²) in [4.78, 5) is 13.4. The van der Waals surface area contributed by atoms with Gasteiger partial charge in [0.05, 0.1) is 7.11 Å². The maximum Gasteiger partial charge on any atom is 0.322 e. The third kappa shape index (κ3) is 4.54. The van der Waals surface area contributed by atoms with E-state index >= 15 is 0 Å². The maximum atomic E-state index is 10.8. The zero-order chi connectivity index (χ0) is 9.40. The number of ether oxygens (including phenoxy) is 1. The molecule has 0 spiro atoms. The molecule has 0 aliphatic carbocycles. The van der Waals surface area contributed by atoms with Crippen LogP contribution >= 0.6 is 0 Å². The number of carbonyl (C=O) groups excluding carboxylic acids is 1. The van der Waals surface area contributed by atoms with Gasteiger partial charge in [0, 0.05) is 18.0 Å². The quantitative estimate of drug-likeness (QED) is 0.215. The van der Waals surface area contributed by atoms with E-state index in [-0.39, 0.29) is 12.0 Å². The van der Waals surface area contributed by atoms with Gasteiger partial charge in [-0.25, -0.2) is 0 Å². The Hall–Kier alpha value is -1.26. The van der Waals surface area contributed by atoms with Crippen LogP contribution in [0.3, 0.4) is 0 Å². The number of hydrogen-bond donors (Lipinski definition) is 1. The number of methoxy groups -OCH3 is 1. The van der Waals surface area contributed by atoms with Gasteiger partial charge >= 0.3 is 5.97 Å². The van der Waals surface area contributed by atoms with Crippen LogP contribution in [0, 0.1) is 0 Å². The van der Waals surface area contributed by atoms with E-state index in [1.54, 1.807) is 6.92 Å². The van der Waals surface area contributed by atoms with Gasteiger partial charge in [-0.15, -0.1) is 0 Å². The van der Waals surface area contributed by atoms with Crippen LogP contribution < -0.4 is 5.32 Å². The lowest BCUT2D eigenvalue weighted by atomic mass is 10.3. The zero-order valence-electron chi connectivity index (χ0n) is 7.15. The average molecular weight is 172 g/mol. The normalized spacial score (nSPS) is 11.5. The van der Waals surface area contributed by atoms with Gasteiger partial charge in [0.1, 0.15) is 6.04 Å². The first-order valence-corrected chi connectivity index (χ1v) is 3.54. The van der Waals surface area contributed by atoms with Crippen LogP contribution in [0.5, 0.6) is 0 Å². The minimum atomic E-state index is -0.358. The number of rotatable bonds is 5. The average Bonchev–Trinajstić information content (AvgIpc) is 2.10. The molecule has 0 aromatic carbocycles. The van der Waals surface area contributed by atoms with Gasteiger partial charge in [-0.2, -0.15) is 0 Å². The number of nitrogens with zero attached hydrogens (tertiary/aromatic N) is 3. The SMILES string of the molecule is COC(=O)C(C)NCCN=[N+]=[N-]. The highest BCUT2D eigenvalue weighted by Gasteiger charge is 2.10. The molecule has 0 saturated heterocycles. The van der Waals surface area contributed by atoms with E-state index in [1.165, 1.54) is 7.11 Å². The van der Waals surface area contributed by atoms with E-state index < -0.39 is 0 Å². The summed E-state index contributed by atoms with van der Waals surface area (Å²) in [7, 11) is 1.33. The van der Waals surface area contributed by atoms with Crippen LogP contribution in [0.15, 0.2) is 5.11 Å². The molecule has 0 heterocycles. The minimum absolute atomic E-state index is 0.323. The first-order chi connectivity index (χ1) is 5.72. The summed E-state index contributed by atoms with van der Waals surface area (Å²) in [5, 5.41) is 6.12. The molecule has 0 amide bonds. The van der Waals surface area contributed by atoms with E-state index in [2.05, 4.69) is 20.1 Å². The molecule has 6 nitrogen and oxygen atoms in total. The van der Waals surface area contributed by atoms with Crippen molar-refractivity contribution in [2.45, 2.75) is 13.0 Å². The maximum absolute atomic E-state index is 10.8. The molecule has 12 heavy (non-hydrogen) atoms. The summed E-state index contributed by atoms with van der Waals surface area (Å²) < 4.78 is 4.46. The van der Waals surface area contributed by atoms with Crippen molar-refractivity contribution >= 4 is 5.97 Å². The topological polar surface area (TPSA) is 87.1 Å². The lowest BCUT2D eigenvalue weighted by Crippen LogP contribution is -2.36. The number of hydrogen-bond acceptors (Lipinski definition) is 4. The molecule has 1 N–H and O–H groups in total. The molecule has 68 valence electrons. The predicted molar refractivity (Wildman–Crippen MR) is 43.5 cm³/mol. The third-order valence-electron chi connectivity index (χ3n) is 1.28. The Morgan fingerprint density at radius 3 is 3.00 bits per heavy atom. The summed E-state index contributed by atoms with van der Waals surface area (Å²) in [6.07, 6.45) is 0. The Morgan fingerprint density at radius 1 is 1.83 bits per heavy atom. The molecule has 0 bridgehead atoms. The number of azide groups is 1. The standard InChI is InChI=1S/C6H12N4O2/c1-5(6(11)12-2)8-3-4-9-10-7/h5,8H,3-4H2,1-2H3. The fourth-order valence-electron chi connectivity index (χ4n) is 0.636. The van der Waals surface area contributed by atoms with Crippen LogP contribution in [0.25, 0.3) is 10.4 Å². The predicted octanol–water partition coefficient (Wildman–Crippen LogP) is 0.448. The number of carbonyl (C=O) groups is 1. The molecule has 0 saturated carbocycles. The monoisotopic (exact) mass is 172 g/mol. The lowest BCUT2D eigenvalue weighted by Gasteiger charge is -2.09. The zero-order valence-corrected chi connectivity index (χ0v) is 7.15. The van der Waals surface area contributed by atoms with E-state index in [9.17, 15) is 4.79 Å². The summed E-state index contributed by atoms with van der Waals surface area (Å²) in [6, 6.07) is -0.358. The molecule has 0 radical (unpaired) electrons. The molecule has 1 atom stereocenters. The van der Waals surface area contributed by atoms with Crippen LogP contribution in [0.2, 0.25) is 0 Å². The van der Waals surface area contributed by atoms with Crippen LogP contribution in [-0.2, 0) is 9.53 Å². The van der Waals surface area contributed by atoms with Gasteiger partial charge in [0.25, 0.3) is 0 Å². The molecule has 0 fully saturated rings. The van der Waals surface area contributed by atoms with Crippen LogP contribution in [-0.4, -0.2) is 32.2 Å². The van der Waals surface area contributed by atoms with Crippen molar-refractivity contribution in [1.82, 2.24) is 5.32 Å². The summed E-state index contributed by atoms with van der Waals surface area (Å²) in [5.41, 5.74) is 7.93. The molecule has 0 rings (SSSR count). The summed E-state index contributed by atoms with van der Waals surface area (Å²) in [5.74, 6) is -0.323. The summed E-state index contributed by atoms with van der Waals surface area (Å²) in [6.45, 7) is 2.49. The molecule has 1 unspecified atom stereocenters. The van der Waals surface area contributed by atoms with Crippen molar-refractivity contribution in [3.8, 4) is 0 Å². The minimum Gasteiger partial charge on any atom is -0.468 e. The summed E-state index contributed by atoms with van der Waals surface area (Å²) >= 11 is 0. The molecule has 0 aliphatic heterocycles. The van der Waals surface area contributed by atoms with Gasteiger partial charge < -0.3 is 10.1 Å². The molecule has 0 aliphatic rings. The van der Waals surface area contributed by atoms with Crippen molar-refractivity contribution in [3.05, 3.63) is 10.4 Å². The first kappa shape index (κ1) is 10.7. The van der Waals surface area contributed by atoms with Gasteiger partial charge in [-0.3, -0.25) is 4.79 Å². The van der Waals surface area contributed by atoms with Crippen LogP contribution in [0.1, 0.15) is 6.92 Å².